The summed E-state index contributed by atoms with van der Waals surface area (Å²) in [5.74, 6) is 0.570. The van der Waals surface area contributed by atoms with Crippen molar-refractivity contribution in [2.45, 2.75) is 20.0 Å². The fourth-order valence-electron chi connectivity index (χ4n) is 3.14. The number of hydrogen-bond donors (Lipinski definition) is 1. The molecule has 0 spiro atoms. The highest BCUT2D eigenvalue weighted by Gasteiger charge is 2.18. The maximum atomic E-state index is 12.5. The zero-order chi connectivity index (χ0) is 22.4. The van der Waals surface area contributed by atoms with Gasteiger partial charge in [-0.3, -0.25) is 9.10 Å². The largest absolute Gasteiger partial charge is 0.497 e. The van der Waals surface area contributed by atoms with E-state index in [9.17, 15) is 13.2 Å². The van der Waals surface area contributed by atoms with Crippen LogP contribution in [0.2, 0.25) is 0 Å². The Bertz CT molecular complexity index is 1140. The first-order chi connectivity index (χ1) is 14.8. The summed E-state index contributed by atoms with van der Waals surface area (Å²) in [5, 5.41) is 2.88. The van der Waals surface area contributed by atoms with Crippen molar-refractivity contribution < 1.29 is 17.9 Å². The number of carbonyl (C=O) groups excluding carboxylic acids is 1. The van der Waals surface area contributed by atoms with Crippen LogP contribution in [0.15, 0.2) is 72.8 Å². The molecule has 0 aliphatic heterocycles. The van der Waals surface area contributed by atoms with Gasteiger partial charge in [-0.1, -0.05) is 36.4 Å². The molecule has 0 saturated heterocycles. The van der Waals surface area contributed by atoms with E-state index in [2.05, 4.69) is 5.32 Å². The lowest BCUT2D eigenvalue weighted by atomic mass is 10.1. The highest BCUT2D eigenvalue weighted by Crippen LogP contribution is 2.22. The maximum absolute atomic E-state index is 12.5. The van der Waals surface area contributed by atoms with E-state index in [1.807, 2.05) is 49.4 Å². The molecule has 1 amide bonds. The van der Waals surface area contributed by atoms with E-state index < -0.39 is 10.0 Å². The van der Waals surface area contributed by atoms with Crippen molar-refractivity contribution >= 4 is 21.6 Å². The molecular formula is C24H26N2O4S. The van der Waals surface area contributed by atoms with E-state index in [0.29, 0.717) is 17.8 Å². The minimum atomic E-state index is -3.46. The molecule has 0 aromatic heterocycles. The summed E-state index contributed by atoms with van der Waals surface area (Å²) in [5.41, 5.74) is 3.86. The number of aryl methyl sites for hydroxylation is 1. The second-order valence-corrected chi connectivity index (χ2v) is 9.24. The molecule has 0 unspecified atom stereocenters. The zero-order valence-electron chi connectivity index (χ0n) is 17.8. The minimum absolute atomic E-state index is 0.191. The number of benzene rings is 3. The van der Waals surface area contributed by atoms with Gasteiger partial charge in [-0.15, -0.1) is 0 Å². The molecule has 0 aliphatic carbocycles. The number of nitrogens with one attached hydrogen (secondary N) is 1. The first kappa shape index (κ1) is 22.4. The lowest BCUT2D eigenvalue weighted by Gasteiger charge is -2.23. The summed E-state index contributed by atoms with van der Waals surface area (Å²) in [4.78, 5) is 12.5. The van der Waals surface area contributed by atoms with Crippen LogP contribution in [0.3, 0.4) is 0 Å². The zero-order valence-corrected chi connectivity index (χ0v) is 18.6. The van der Waals surface area contributed by atoms with E-state index in [4.69, 9.17) is 4.74 Å². The van der Waals surface area contributed by atoms with Gasteiger partial charge in [-0.2, -0.15) is 0 Å². The second-order valence-electron chi connectivity index (χ2n) is 7.34. The molecule has 0 saturated carbocycles. The van der Waals surface area contributed by atoms with Crippen LogP contribution in [0.25, 0.3) is 0 Å². The third kappa shape index (κ3) is 6.08. The molecule has 0 aliphatic rings. The number of nitrogens with zero attached hydrogens (tertiary/aromatic N) is 1. The van der Waals surface area contributed by atoms with Gasteiger partial charge in [-0.25, -0.2) is 8.42 Å². The lowest BCUT2D eigenvalue weighted by Crippen LogP contribution is -2.29. The third-order valence-electron chi connectivity index (χ3n) is 4.84. The summed E-state index contributed by atoms with van der Waals surface area (Å²) < 4.78 is 31.2. The normalized spacial score (nSPS) is 11.1. The maximum Gasteiger partial charge on any atom is 0.251 e. The Morgan fingerprint density at radius 2 is 1.61 bits per heavy atom. The van der Waals surface area contributed by atoms with E-state index in [1.165, 1.54) is 10.6 Å². The van der Waals surface area contributed by atoms with E-state index >= 15 is 0 Å². The number of carbonyl (C=O) groups is 1. The molecule has 3 aromatic rings. The predicted octanol–water partition coefficient (Wildman–Crippen LogP) is 3.90. The number of rotatable bonds is 8. The van der Waals surface area contributed by atoms with Gasteiger partial charge in [0.1, 0.15) is 5.75 Å². The van der Waals surface area contributed by atoms with Crippen LogP contribution in [-0.2, 0) is 23.1 Å². The van der Waals surface area contributed by atoms with Crippen LogP contribution < -0.4 is 14.4 Å². The first-order valence-electron chi connectivity index (χ1n) is 9.81. The highest BCUT2D eigenvalue weighted by atomic mass is 32.2. The van der Waals surface area contributed by atoms with Crippen molar-refractivity contribution in [3.05, 3.63) is 95.1 Å². The van der Waals surface area contributed by atoms with Gasteiger partial charge in [0.25, 0.3) is 5.91 Å². The van der Waals surface area contributed by atoms with Crippen molar-refractivity contribution in [1.29, 1.82) is 0 Å². The first-order valence-corrected chi connectivity index (χ1v) is 11.7. The molecule has 0 heterocycles. The number of amides is 1. The Balaban J connectivity index is 1.67. The molecule has 1 N–H and O–H groups in total. The molecular weight excluding hydrogens is 412 g/mol. The van der Waals surface area contributed by atoms with Gasteiger partial charge in [0, 0.05) is 12.1 Å². The molecule has 7 heteroatoms. The fourth-order valence-corrected chi connectivity index (χ4v) is 4.02. The quantitative estimate of drug-likeness (QED) is 0.579. The van der Waals surface area contributed by atoms with Gasteiger partial charge in [0.15, 0.2) is 0 Å². The number of methoxy groups -OCH3 is 1. The Labute approximate surface area is 183 Å². The fraction of sp³-hybridized carbons (Fsp3) is 0.208. The van der Waals surface area contributed by atoms with Crippen LogP contribution in [0.1, 0.15) is 27.0 Å². The summed E-state index contributed by atoms with van der Waals surface area (Å²) in [7, 11) is -1.85. The number of sulfonamides is 1. The molecule has 0 radical (unpaired) electrons. The molecule has 6 nitrogen and oxygen atoms in total. The summed E-state index contributed by atoms with van der Waals surface area (Å²) >= 11 is 0. The van der Waals surface area contributed by atoms with Gasteiger partial charge >= 0.3 is 0 Å². The predicted molar refractivity (Wildman–Crippen MR) is 123 cm³/mol. The smallest absolute Gasteiger partial charge is 0.251 e. The van der Waals surface area contributed by atoms with E-state index in [-0.39, 0.29) is 12.5 Å². The minimum Gasteiger partial charge on any atom is -0.497 e. The standard InChI is InChI=1S/C24H26N2O4S/c1-18-5-4-6-22(15-18)26(31(3,28)29)17-20-7-11-21(12-8-20)24(27)25-16-19-9-13-23(30-2)14-10-19/h4-15H,16-17H2,1-3H3,(H,25,27). The SMILES string of the molecule is COc1ccc(CNC(=O)c2ccc(CN(c3cccc(C)c3)S(C)(=O)=O)cc2)cc1. The average molecular weight is 439 g/mol. The van der Waals surface area contributed by atoms with Crippen LogP contribution in [0.5, 0.6) is 5.75 Å². The van der Waals surface area contributed by atoms with Crippen molar-refractivity contribution in [3.8, 4) is 5.75 Å². The lowest BCUT2D eigenvalue weighted by molar-refractivity contribution is 0.0951. The van der Waals surface area contributed by atoms with Crippen LogP contribution in [0, 0.1) is 6.92 Å². The second kappa shape index (κ2) is 9.66. The monoisotopic (exact) mass is 438 g/mol. The molecule has 3 rings (SSSR count). The van der Waals surface area contributed by atoms with E-state index in [0.717, 1.165) is 22.4 Å². The summed E-state index contributed by atoms with van der Waals surface area (Å²) in [6, 6.07) is 21.8. The Hall–Kier alpha value is -3.32. The van der Waals surface area contributed by atoms with Gasteiger partial charge in [0.2, 0.25) is 10.0 Å². The van der Waals surface area contributed by atoms with Crippen molar-refractivity contribution in [2.75, 3.05) is 17.7 Å². The highest BCUT2D eigenvalue weighted by molar-refractivity contribution is 7.92. The van der Waals surface area contributed by atoms with Crippen LogP contribution in [0.4, 0.5) is 5.69 Å². The van der Waals surface area contributed by atoms with Crippen molar-refractivity contribution in [3.63, 3.8) is 0 Å². The molecule has 0 atom stereocenters. The summed E-state index contributed by atoms with van der Waals surface area (Å²) in [6.45, 7) is 2.51. The van der Waals surface area contributed by atoms with Crippen LogP contribution >= 0.6 is 0 Å². The van der Waals surface area contributed by atoms with E-state index in [1.54, 1.807) is 37.4 Å². The van der Waals surface area contributed by atoms with Gasteiger partial charge in [0.05, 0.1) is 25.6 Å². The Morgan fingerprint density at radius 1 is 0.968 bits per heavy atom. The molecule has 0 bridgehead atoms. The number of ether oxygens (including phenoxy) is 1. The topological polar surface area (TPSA) is 75.7 Å². The Kier molecular flexibility index (Phi) is 6.97. The third-order valence-corrected chi connectivity index (χ3v) is 5.98. The van der Waals surface area contributed by atoms with Crippen LogP contribution in [-0.4, -0.2) is 27.7 Å². The van der Waals surface area contributed by atoms with Crippen molar-refractivity contribution in [1.82, 2.24) is 5.32 Å². The molecule has 162 valence electrons. The number of hydrogen-bond acceptors (Lipinski definition) is 4. The number of anilines is 1. The summed E-state index contributed by atoms with van der Waals surface area (Å²) in [6.07, 6.45) is 1.19. The molecule has 0 fully saturated rings. The van der Waals surface area contributed by atoms with Gasteiger partial charge < -0.3 is 10.1 Å². The Morgan fingerprint density at radius 3 is 2.19 bits per heavy atom. The average Bonchev–Trinajstić information content (AvgIpc) is 2.75. The van der Waals surface area contributed by atoms with Crippen molar-refractivity contribution in [2.24, 2.45) is 0 Å². The van der Waals surface area contributed by atoms with Gasteiger partial charge in [-0.05, 0) is 60.0 Å². The molecule has 31 heavy (non-hydrogen) atoms. The molecule has 3 aromatic carbocycles.